The number of nitrogens with two attached hydrogens (primary N) is 1. The molecule has 2 aromatic rings. The minimum Gasteiger partial charge on any atom is -0.382 e. The van der Waals surface area contributed by atoms with Crippen LogP contribution in [-0.4, -0.2) is 58.1 Å². The Bertz CT molecular complexity index is 1060. The van der Waals surface area contributed by atoms with Crippen molar-refractivity contribution in [3.8, 4) is 0 Å². The zero-order valence-corrected chi connectivity index (χ0v) is 17.6. The highest BCUT2D eigenvalue weighted by atomic mass is 32.2. The molecule has 4 atom stereocenters. The number of nitrogen functional groups attached to an aromatic ring is 1. The molecule has 16 heteroatoms. The molecule has 0 unspecified atom stereocenters. The van der Waals surface area contributed by atoms with E-state index in [0.29, 0.717) is 22.7 Å². The Morgan fingerprint density at radius 3 is 2.66 bits per heavy atom. The fraction of sp³-hybridized carbons (Fsp3) is 0.615. The number of thioether (sulfide) groups is 1. The van der Waals surface area contributed by atoms with Crippen molar-refractivity contribution in [2.45, 2.75) is 30.1 Å². The summed E-state index contributed by atoms with van der Waals surface area (Å²) in [4.78, 5) is 49.5. The highest BCUT2D eigenvalue weighted by Gasteiger charge is 2.70. The topological polar surface area (TPSA) is 203 Å². The third kappa shape index (κ3) is 3.97. The summed E-state index contributed by atoms with van der Waals surface area (Å²) in [5.41, 5.74) is 5.90. The number of imidazole rings is 1. The lowest BCUT2D eigenvalue weighted by molar-refractivity contribution is 0.0499. The molecule has 6 N–H and O–H groups in total. The summed E-state index contributed by atoms with van der Waals surface area (Å²) < 4.78 is 34.0. The SMILES string of the molecule is CSc1nc(N)c2ncn([C@H]3C[C@H](OP(=O)(O)O)[C@]4(COP(=O)(O)O)C[C@H]34)c2n1. The molecule has 0 aliphatic heterocycles. The van der Waals surface area contributed by atoms with Crippen LogP contribution in [0.25, 0.3) is 11.2 Å². The summed E-state index contributed by atoms with van der Waals surface area (Å²) in [7, 11) is -9.58. The van der Waals surface area contributed by atoms with E-state index < -0.39 is 27.2 Å². The van der Waals surface area contributed by atoms with Crippen molar-refractivity contribution >= 4 is 44.4 Å². The van der Waals surface area contributed by atoms with Gasteiger partial charge in [0.1, 0.15) is 5.52 Å². The predicted octanol–water partition coefficient (Wildman–Crippen LogP) is 0.669. The molecule has 29 heavy (non-hydrogen) atoms. The van der Waals surface area contributed by atoms with Crippen LogP contribution in [0.15, 0.2) is 11.5 Å². The summed E-state index contributed by atoms with van der Waals surface area (Å²) in [5.74, 6) is 0.0166. The van der Waals surface area contributed by atoms with Gasteiger partial charge in [-0.05, 0) is 25.0 Å². The van der Waals surface area contributed by atoms with E-state index in [4.69, 9.17) is 20.0 Å². The lowest BCUT2D eigenvalue weighted by Crippen LogP contribution is -2.26. The lowest BCUT2D eigenvalue weighted by Gasteiger charge is -2.24. The second-order valence-corrected chi connectivity index (χ2v) is 10.3. The summed E-state index contributed by atoms with van der Waals surface area (Å²) in [5, 5.41) is 0.449. The highest BCUT2D eigenvalue weighted by molar-refractivity contribution is 7.98. The average Bonchev–Trinajstić information content (AvgIpc) is 3.06. The minimum atomic E-state index is -4.83. The highest BCUT2D eigenvalue weighted by Crippen LogP contribution is 2.71. The maximum absolute atomic E-state index is 11.4. The van der Waals surface area contributed by atoms with Gasteiger partial charge in [0.25, 0.3) is 0 Å². The molecule has 0 spiro atoms. The Hall–Kier alpha value is -1.08. The first-order valence-corrected chi connectivity index (χ1v) is 12.7. The fourth-order valence-corrected chi connectivity index (χ4v) is 5.60. The molecule has 0 amide bonds. The van der Waals surface area contributed by atoms with Crippen LogP contribution in [0.4, 0.5) is 5.82 Å². The zero-order valence-electron chi connectivity index (χ0n) is 15.0. The van der Waals surface area contributed by atoms with Crippen LogP contribution >= 0.6 is 27.4 Å². The first-order chi connectivity index (χ1) is 13.4. The number of hydrogen-bond donors (Lipinski definition) is 5. The molecule has 0 aromatic carbocycles. The Kier molecular flexibility index (Phi) is 5.09. The van der Waals surface area contributed by atoms with Crippen molar-refractivity contribution in [2.24, 2.45) is 11.3 Å². The molecular weight excluding hydrogens is 448 g/mol. The van der Waals surface area contributed by atoms with Gasteiger partial charge in [-0.3, -0.25) is 9.05 Å². The van der Waals surface area contributed by atoms with E-state index in [-0.39, 0.29) is 30.8 Å². The molecule has 2 heterocycles. The monoisotopic (exact) mass is 467 g/mol. The van der Waals surface area contributed by atoms with Gasteiger partial charge in [0.05, 0.1) is 19.0 Å². The van der Waals surface area contributed by atoms with Gasteiger partial charge >= 0.3 is 15.6 Å². The van der Waals surface area contributed by atoms with Gasteiger partial charge in [0.2, 0.25) is 0 Å². The number of fused-ring (bicyclic) bond motifs is 2. The molecule has 2 saturated carbocycles. The molecule has 2 aliphatic carbocycles. The average molecular weight is 467 g/mol. The largest absolute Gasteiger partial charge is 0.469 e. The molecule has 13 nitrogen and oxygen atoms in total. The first kappa shape index (κ1) is 21.2. The number of anilines is 1. The van der Waals surface area contributed by atoms with E-state index in [0.717, 1.165) is 0 Å². The maximum Gasteiger partial charge on any atom is 0.469 e. The molecule has 0 bridgehead atoms. The van der Waals surface area contributed by atoms with Gasteiger partial charge in [-0.1, -0.05) is 11.8 Å². The van der Waals surface area contributed by atoms with Crippen LogP contribution in [-0.2, 0) is 18.2 Å². The van der Waals surface area contributed by atoms with Crippen LogP contribution < -0.4 is 5.73 Å². The fourth-order valence-electron chi connectivity index (χ4n) is 4.19. The van der Waals surface area contributed by atoms with Gasteiger partial charge in [0, 0.05) is 11.5 Å². The Balaban J connectivity index is 1.70. The first-order valence-electron chi connectivity index (χ1n) is 8.41. The number of phosphoric ester groups is 2. The Morgan fingerprint density at radius 2 is 2.03 bits per heavy atom. The second-order valence-electron chi connectivity index (χ2n) is 7.12. The smallest absolute Gasteiger partial charge is 0.382 e. The summed E-state index contributed by atoms with van der Waals surface area (Å²) in [6.45, 7) is -0.386. The normalized spacial score (nSPS) is 29.3. The van der Waals surface area contributed by atoms with Crippen LogP contribution in [0, 0.1) is 11.3 Å². The van der Waals surface area contributed by atoms with E-state index in [1.807, 2.05) is 0 Å². The Labute approximate surface area is 168 Å². The van der Waals surface area contributed by atoms with Gasteiger partial charge in [0.15, 0.2) is 16.6 Å². The number of phosphoric acid groups is 2. The molecule has 2 fully saturated rings. The third-order valence-electron chi connectivity index (χ3n) is 5.47. The summed E-state index contributed by atoms with van der Waals surface area (Å²) in [6, 6.07) is -0.319. The van der Waals surface area contributed by atoms with Crippen LogP contribution in [0.1, 0.15) is 18.9 Å². The van der Waals surface area contributed by atoms with E-state index in [9.17, 15) is 18.9 Å². The summed E-state index contributed by atoms with van der Waals surface area (Å²) in [6.07, 6.45) is 2.97. The quantitative estimate of drug-likeness (QED) is 0.216. The molecule has 2 aliphatic rings. The number of nitrogens with zero attached hydrogens (tertiary/aromatic N) is 4. The van der Waals surface area contributed by atoms with E-state index in [1.165, 1.54) is 18.1 Å². The number of aromatic nitrogens is 4. The molecule has 0 radical (unpaired) electrons. The summed E-state index contributed by atoms with van der Waals surface area (Å²) >= 11 is 1.30. The molecule has 2 aromatic heterocycles. The van der Waals surface area contributed by atoms with Gasteiger partial charge < -0.3 is 29.9 Å². The lowest BCUT2D eigenvalue weighted by atomic mass is 10.0. The maximum atomic E-state index is 11.4. The molecule has 160 valence electrons. The number of hydrogen-bond acceptors (Lipinski definition) is 9. The van der Waals surface area contributed by atoms with Crippen molar-refractivity contribution in [1.29, 1.82) is 0 Å². The van der Waals surface area contributed by atoms with Crippen molar-refractivity contribution in [3.05, 3.63) is 6.33 Å². The standard InChI is InChI=1S/C13H19N5O8P2S/c1-29-12-16-10(14)9-11(17-12)18(5-15-9)7-2-8(26-28(22,23)24)13(3-6(7)13)4-25-27(19,20)21/h5-8H,2-4H2,1H3,(H2,14,16,17)(H2,19,20,21)(H2,22,23,24)/t6-,7+,8+,13+/m1/s1. The van der Waals surface area contributed by atoms with Crippen molar-refractivity contribution in [1.82, 2.24) is 19.5 Å². The molecule has 0 saturated heterocycles. The Morgan fingerprint density at radius 1 is 1.31 bits per heavy atom. The molecular formula is C13H19N5O8P2S. The van der Waals surface area contributed by atoms with Crippen molar-refractivity contribution < 1.29 is 37.8 Å². The van der Waals surface area contributed by atoms with Gasteiger partial charge in [-0.15, -0.1) is 0 Å². The minimum absolute atomic E-state index is 0.185. The van der Waals surface area contributed by atoms with Crippen molar-refractivity contribution in [3.63, 3.8) is 0 Å². The van der Waals surface area contributed by atoms with Gasteiger partial charge in [-0.2, -0.15) is 0 Å². The number of rotatable bonds is 7. The third-order valence-corrected chi connectivity index (χ3v) is 7.02. The predicted molar refractivity (Wildman–Crippen MR) is 101 cm³/mol. The molecule has 4 rings (SSSR count). The van der Waals surface area contributed by atoms with E-state index >= 15 is 0 Å². The van der Waals surface area contributed by atoms with Crippen LogP contribution in [0.5, 0.6) is 0 Å². The van der Waals surface area contributed by atoms with E-state index in [2.05, 4.69) is 19.5 Å². The second kappa shape index (κ2) is 6.98. The van der Waals surface area contributed by atoms with Crippen LogP contribution in [0.2, 0.25) is 0 Å². The zero-order chi connectivity index (χ0) is 21.2. The van der Waals surface area contributed by atoms with Gasteiger partial charge in [-0.25, -0.2) is 24.1 Å². The van der Waals surface area contributed by atoms with Crippen LogP contribution in [0.3, 0.4) is 0 Å². The van der Waals surface area contributed by atoms with E-state index in [1.54, 1.807) is 10.8 Å². The van der Waals surface area contributed by atoms with Crippen molar-refractivity contribution in [2.75, 3.05) is 18.6 Å².